The topological polar surface area (TPSA) is 25.4 Å². The first-order valence-electron chi connectivity index (χ1n) is 7.33. The average molecular weight is 286 g/mol. The van der Waals surface area contributed by atoms with E-state index >= 15 is 0 Å². The molecule has 0 spiro atoms. The van der Waals surface area contributed by atoms with Crippen LogP contribution in [0.15, 0.2) is 42.6 Å². The van der Waals surface area contributed by atoms with E-state index in [9.17, 15) is 4.39 Å². The summed E-state index contributed by atoms with van der Waals surface area (Å²) in [4.78, 5) is 6.67. The highest BCUT2D eigenvalue weighted by Crippen LogP contribution is 2.34. The van der Waals surface area contributed by atoms with Crippen LogP contribution in [-0.2, 0) is 6.54 Å². The van der Waals surface area contributed by atoms with E-state index in [0.29, 0.717) is 18.5 Å². The van der Waals surface area contributed by atoms with Crippen molar-refractivity contribution in [3.05, 3.63) is 59.5 Å². The highest BCUT2D eigenvalue weighted by molar-refractivity contribution is 5.23. The van der Waals surface area contributed by atoms with E-state index in [1.807, 2.05) is 31.3 Å². The van der Waals surface area contributed by atoms with Crippen molar-refractivity contribution < 1.29 is 9.13 Å². The fourth-order valence-electron chi connectivity index (χ4n) is 2.66. The van der Waals surface area contributed by atoms with Crippen LogP contribution in [0, 0.1) is 5.82 Å². The third-order valence-corrected chi connectivity index (χ3v) is 3.86. The molecule has 3 rings (SSSR count). The molecule has 1 aliphatic heterocycles. The number of pyridine rings is 1. The summed E-state index contributed by atoms with van der Waals surface area (Å²) in [6, 6.07) is 11.2. The largest absolute Gasteiger partial charge is 0.478 e. The number of likely N-dealkylation sites (tertiary alicyclic amines) is 1. The Balaban J connectivity index is 1.63. The Morgan fingerprint density at radius 1 is 1.24 bits per heavy atom. The van der Waals surface area contributed by atoms with Crippen molar-refractivity contribution in [2.45, 2.75) is 25.9 Å². The van der Waals surface area contributed by atoms with Crippen LogP contribution in [0.2, 0.25) is 0 Å². The van der Waals surface area contributed by atoms with Crippen molar-refractivity contribution in [3.63, 3.8) is 0 Å². The summed E-state index contributed by atoms with van der Waals surface area (Å²) in [6.45, 7) is 4.50. The zero-order valence-electron chi connectivity index (χ0n) is 12.1. The van der Waals surface area contributed by atoms with Crippen molar-refractivity contribution in [1.29, 1.82) is 0 Å². The van der Waals surface area contributed by atoms with Gasteiger partial charge in [-0.25, -0.2) is 9.37 Å². The van der Waals surface area contributed by atoms with Crippen LogP contribution in [0.4, 0.5) is 4.39 Å². The maximum atomic E-state index is 13.0. The third kappa shape index (κ3) is 3.22. The molecule has 2 aromatic rings. The summed E-state index contributed by atoms with van der Waals surface area (Å²) in [7, 11) is 0. The fraction of sp³-hybridized carbons (Fsp3) is 0.353. The molecule has 110 valence electrons. The van der Waals surface area contributed by atoms with Crippen LogP contribution in [0.25, 0.3) is 0 Å². The molecule has 0 N–H and O–H groups in total. The Morgan fingerprint density at radius 2 is 2.05 bits per heavy atom. The molecule has 0 bridgehead atoms. The van der Waals surface area contributed by atoms with Crippen molar-refractivity contribution >= 4 is 0 Å². The van der Waals surface area contributed by atoms with E-state index in [2.05, 4.69) is 16.0 Å². The molecule has 1 fully saturated rings. The smallest absolute Gasteiger partial charge is 0.213 e. The summed E-state index contributed by atoms with van der Waals surface area (Å²) >= 11 is 0. The molecule has 0 aliphatic carbocycles. The normalized spacial score (nSPS) is 18.3. The first-order chi connectivity index (χ1) is 10.3. The van der Waals surface area contributed by atoms with Crippen LogP contribution in [0.5, 0.6) is 5.88 Å². The lowest BCUT2D eigenvalue weighted by Crippen LogP contribution is -2.40. The summed E-state index contributed by atoms with van der Waals surface area (Å²) in [6.07, 6.45) is 2.99. The van der Waals surface area contributed by atoms with Crippen LogP contribution in [0.3, 0.4) is 0 Å². The van der Waals surface area contributed by atoms with Gasteiger partial charge in [-0.05, 0) is 36.6 Å². The molecule has 0 radical (unpaired) electrons. The van der Waals surface area contributed by atoms with Crippen molar-refractivity contribution in [2.75, 3.05) is 13.2 Å². The number of rotatable bonds is 5. The van der Waals surface area contributed by atoms with Crippen molar-refractivity contribution in [2.24, 2.45) is 0 Å². The molecule has 2 heterocycles. The molecule has 0 amide bonds. The predicted molar refractivity (Wildman–Crippen MR) is 79.6 cm³/mol. The van der Waals surface area contributed by atoms with Gasteiger partial charge in [-0.2, -0.15) is 0 Å². The summed E-state index contributed by atoms with van der Waals surface area (Å²) < 4.78 is 18.3. The number of nitrogens with zero attached hydrogens (tertiary/aromatic N) is 2. The van der Waals surface area contributed by atoms with Gasteiger partial charge in [0.15, 0.2) is 0 Å². The Bertz CT molecular complexity index is 583. The van der Waals surface area contributed by atoms with Crippen molar-refractivity contribution in [1.82, 2.24) is 9.88 Å². The van der Waals surface area contributed by atoms with Crippen molar-refractivity contribution in [3.8, 4) is 5.88 Å². The zero-order valence-corrected chi connectivity index (χ0v) is 12.1. The minimum absolute atomic E-state index is 0.180. The SMILES string of the molecule is CCOc1ccc(CN2CCC2c2ccc(F)cc2)cn1. The van der Waals surface area contributed by atoms with E-state index in [1.165, 1.54) is 23.3 Å². The third-order valence-electron chi connectivity index (χ3n) is 3.86. The number of benzene rings is 1. The van der Waals surface area contributed by atoms with E-state index in [0.717, 1.165) is 19.5 Å². The Hall–Kier alpha value is -1.94. The minimum atomic E-state index is -0.180. The second-order valence-corrected chi connectivity index (χ2v) is 5.26. The molecule has 0 saturated carbocycles. The predicted octanol–water partition coefficient (Wildman–Crippen LogP) is 3.57. The zero-order chi connectivity index (χ0) is 14.7. The van der Waals surface area contributed by atoms with E-state index in [1.54, 1.807) is 0 Å². The van der Waals surface area contributed by atoms with E-state index in [4.69, 9.17) is 4.74 Å². The summed E-state index contributed by atoms with van der Waals surface area (Å²) in [5.74, 6) is 0.486. The van der Waals surface area contributed by atoms with Gasteiger partial charge in [0, 0.05) is 31.4 Å². The van der Waals surface area contributed by atoms with Gasteiger partial charge in [0.25, 0.3) is 0 Å². The highest BCUT2D eigenvalue weighted by Gasteiger charge is 2.29. The molecule has 1 saturated heterocycles. The first-order valence-corrected chi connectivity index (χ1v) is 7.33. The molecule has 1 aliphatic rings. The number of halogens is 1. The van der Waals surface area contributed by atoms with Gasteiger partial charge >= 0.3 is 0 Å². The maximum absolute atomic E-state index is 13.0. The average Bonchev–Trinajstić information content (AvgIpc) is 2.48. The van der Waals surface area contributed by atoms with E-state index in [-0.39, 0.29) is 5.82 Å². The summed E-state index contributed by atoms with van der Waals surface area (Å²) in [5.41, 5.74) is 2.35. The van der Waals surface area contributed by atoms with Gasteiger partial charge in [0.1, 0.15) is 5.82 Å². The lowest BCUT2D eigenvalue weighted by atomic mass is 9.94. The number of aromatic nitrogens is 1. The highest BCUT2D eigenvalue weighted by atomic mass is 19.1. The summed E-state index contributed by atoms with van der Waals surface area (Å²) in [5, 5.41) is 0. The van der Waals surface area contributed by atoms with Gasteiger partial charge in [-0.3, -0.25) is 4.90 Å². The van der Waals surface area contributed by atoms with Crippen LogP contribution in [0.1, 0.15) is 30.5 Å². The molecular weight excluding hydrogens is 267 g/mol. The maximum Gasteiger partial charge on any atom is 0.213 e. The van der Waals surface area contributed by atoms with Crippen LogP contribution < -0.4 is 4.74 Å². The lowest BCUT2D eigenvalue weighted by molar-refractivity contribution is 0.0817. The molecule has 4 heteroatoms. The van der Waals surface area contributed by atoms with Gasteiger partial charge in [-0.1, -0.05) is 18.2 Å². The molecule has 1 atom stereocenters. The Kier molecular flexibility index (Phi) is 4.15. The fourth-order valence-corrected chi connectivity index (χ4v) is 2.66. The van der Waals surface area contributed by atoms with Gasteiger partial charge in [0.05, 0.1) is 6.61 Å². The second kappa shape index (κ2) is 6.22. The number of hydrogen-bond acceptors (Lipinski definition) is 3. The minimum Gasteiger partial charge on any atom is -0.478 e. The van der Waals surface area contributed by atoms with Crippen LogP contribution >= 0.6 is 0 Å². The van der Waals surface area contributed by atoms with Crippen LogP contribution in [-0.4, -0.2) is 23.0 Å². The Morgan fingerprint density at radius 3 is 2.62 bits per heavy atom. The number of hydrogen-bond donors (Lipinski definition) is 0. The standard InChI is InChI=1S/C17H19FN2O/c1-2-21-17-8-3-13(11-19-17)12-20-10-9-16(20)14-4-6-15(18)7-5-14/h3-8,11,16H,2,9-10,12H2,1H3. The molecule has 1 aromatic heterocycles. The van der Waals surface area contributed by atoms with Gasteiger partial charge < -0.3 is 4.74 Å². The van der Waals surface area contributed by atoms with Gasteiger partial charge in [-0.15, -0.1) is 0 Å². The van der Waals surface area contributed by atoms with Gasteiger partial charge in [0.2, 0.25) is 5.88 Å². The monoisotopic (exact) mass is 286 g/mol. The Labute approximate surface area is 124 Å². The molecule has 1 aromatic carbocycles. The molecular formula is C17H19FN2O. The lowest BCUT2D eigenvalue weighted by Gasteiger charge is -2.41. The second-order valence-electron chi connectivity index (χ2n) is 5.26. The number of ether oxygens (including phenoxy) is 1. The first kappa shape index (κ1) is 14.0. The quantitative estimate of drug-likeness (QED) is 0.840. The molecule has 3 nitrogen and oxygen atoms in total. The molecule has 1 unspecified atom stereocenters. The molecule has 21 heavy (non-hydrogen) atoms. The van der Waals surface area contributed by atoms with E-state index < -0.39 is 0 Å².